The molecule has 0 saturated heterocycles. The van der Waals surface area contributed by atoms with E-state index in [0.717, 1.165) is 20.5 Å². The molecule has 5 heteroatoms. The summed E-state index contributed by atoms with van der Waals surface area (Å²) in [5, 5.41) is 1.90. The van der Waals surface area contributed by atoms with Crippen LogP contribution in [0.1, 0.15) is 0 Å². The number of imide groups is 1. The number of nitrogens with zero attached hydrogens (tertiary/aromatic N) is 1. The van der Waals surface area contributed by atoms with Gasteiger partial charge < -0.3 is 0 Å². The third-order valence-corrected chi connectivity index (χ3v) is 3.48. The van der Waals surface area contributed by atoms with Gasteiger partial charge in [0.2, 0.25) is 0 Å². The summed E-state index contributed by atoms with van der Waals surface area (Å²) in [6.07, 6.45) is 2.56. The maximum Gasteiger partial charge on any atom is 0.264 e. The van der Waals surface area contributed by atoms with E-state index >= 15 is 0 Å². The topological polar surface area (TPSA) is 37.4 Å². The van der Waals surface area contributed by atoms with Crippen LogP contribution in [0, 0.1) is 0 Å². The van der Waals surface area contributed by atoms with Crippen molar-refractivity contribution in [2.24, 2.45) is 0 Å². The number of carbonyl (C=O) groups is 2. The number of rotatable bonds is 2. The SMILES string of the molecule is O=C1C=CC(=O)N1Sc1cccs1. The van der Waals surface area contributed by atoms with Gasteiger partial charge in [0.25, 0.3) is 11.8 Å². The zero-order valence-electron chi connectivity index (χ0n) is 6.47. The van der Waals surface area contributed by atoms with E-state index in [2.05, 4.69) is 0 Å². The molecule has 13 heavy (non-hydrogen) atoms. The van der Waals surface area contributed by atoms with Gasteiger partial charge in [-0.3, -0.25) is 9.59 Å². The fourth-order valence-corrected chi connectivity index (χ4v) is 2.51. The van der Waals surface area contributed by atoms with Crippen molar-refractivity contribution < 1.29 is 9.59 Å². The van der Waals surface area contributed by atoms with Gasteiger partial charge in [-0.2, -0.15) is 0 Å². The Morgan fingerprint density at radius 3 is 2.46 bits per heavy atom. The van der Waals surface area contributed by atoms with Crippen LogP contribution in [0.2, 0.25) is 0 Å². The molecule has 0 fully saturated rings. The summed E-state index contributed by atoms with van der Waals surface area (Å²) in [6, 6.07) is 3.75. The van der Waals surface area contributed by atoms with Crippen LogP contribution in [0.15, 0.2) is 33.9 Å². The average Bonchev–Trinajstić information content (AvgIpc) is 2.70. The van der Waals surface area contributed by atoms with Crippen molar-refractivity contribution in [1.29, 1.82) is 0 Å². The van der Waals surface area contributed by atoms with Gasteiger partial charge in [-0.25, -0.2) is 4.31 Å². The summed E-state index contributed by atoms with van der Waals surface area (Å²) in [5.74, 6) is -0.521. The Morgan fingerprint density at radius 1 is 1.23 bits per heavy atom. The lowest BCUT2D eigenvalue weighted by Gasteiger charge is -2.09. The Kier molecular flexibility index (Phi) is 2.20. The maximum atomic E-state index is 11.1. The standard InChI is InChI=1S/C8H5NO2S2/c10-6-3-4-7(11)9(6)13-8-2-1-5-12-8/h1-5H. The van der Waals surface area contributed by atoms with E-state index in [4.69, 9.17) is 0 Å². The van der Waals surface area contributed by atoms with Crippen molar-refractivity contribution in [2.45, 2.75) is 4.21 Å². The normalized spacial score (nSPS) is 15.8. The zero-order chi connectivity index (χ0) is 9.26. The molecule has 0 unspecified atom stereocenters. The Bertz CT molecular complexity index is 352. The lowest BCUT2D eigenvalue weighted by molar-refractivity contribution is -0.130. The highest BCUT2D eigenvalue weighted by Crippen LogP contribution is 2.29. The van der Waals surface area contributed by atoms with E-state index in [0.29, 0.717) is 0 Å². The van der Waals surface area contributed by atoms with Crippen LogP contribution in [0.3, 0.4) is 0 Å². The molecule has 2 amide bonds. The van der Waals surface area contributed by atoms with Gasteiger partial charge in [0.15, 0.2) is 0 Å². The Balaban J connectivity index is 2.11. The Labute approximate surface area is 83.2 Å². The molecule has 0 saturated carbocycles. The average molecular weight is 211 g/mol. The summed E-state index contributed by atoms with van der Waals surface area (Å²) in [7, 11) is 0. The van der Waals surface area contributed by atoms with Gasteiger partial charge in [0.1, 0.15) is 0 Å². The quantitative estimate of drug-likeness (QED) is 0.551. The van der Waals surface area contributed by atoms with Gasteiger partial charge >= 0.3 is 0 Å². The number of hydrogen-bond donors (Lipinski definition) is 0. The van der Waals surface area contributed by atoms with Crippen molar-refractivity contribution >= 4 is 35.1 Å². The first kappa shape index (κ1) is 8.52. The second kappa shape index (κ2) is 3.35. The van der Waals surface area contributed by atoms with Crippen LogP contribution in [-0.2, 0) is 9.59 Å². The van der Waals surface area contributed by atoms with Crippen molar-refractivity contribution in [1.82, 2.24) is 4.31 Å². The summed E-state index contributed by atoms with van der Waals surface area (Å²) < 4.78 is 2.08. The van der Waals surface area contributed by atoms with Gasteiger partial charge in [0.05, 0.1) is 4.21 Å². The van der Waals surface area contributed by atoms with Gasteiger partial charge in [-0.15, -0.1) is 11.3 Å². The molecule has 0 N–H and O–H groups in total. The van der Waals surface area contributed by atoms with E-state index < -0.39 is 0 Å². The molecule has 1 aliphatic rings. The molecule has 1 aromatic heterocycles. The van der Waals surface area contributed by atoms with Crippen LogP contribution in [-0.4, -0.2) is 16.1 Å². The highest BCUT2D eigenvalue weighted by Gasteiger charge is 2.24. The highest BCUT2D eigenvalue weighted by atomic mass is 32.2. The minimum absolute atomic E-state index is 0.261. The first-order valence-electron chi connectivity index (χ1n) is 3.55. The number of amides is 2. The summed E-state index contributed by atoms with van der Waals surface area (Å²) in [4.78, 5) is 22.2. The third kappa shape index (κ3) is 1.66. The zero-order valence-corrected chi connectivity index (χ0v) is 8.10. The minimum Gasteiger partial charge on any atom is -0.268 e. The predicted octanol–water partition coefficient (Wildman–Crippen LogP) is 1.68. The molecule has 2 heterocycles. The molecular formula is C8H5NO2S2. The summed E-state index contributed by atoms with van der Waals surface area (Å²) in [5.41, 5.74) is 0. The monoisotopic (exact) mass is 211 g/mol. The lowest BCUT2D eigenvalue weighted by atomic mass is 10.6. The first-order valence-corrected chi connectivity index (χ1v) is 5.20. The van der Waals surface area contributed by atoms with Crippen molar-refractivity contribution in [3.05, 3.63) is 29.7 Å². The maximum absolute atomic E-state index is 11.1. The third-order valence-electron chi connectivity index (χ3n) is 1.45. The molecule has 0 bridgehead atoms. The minimum atomic E-state index is -0.261. The van der Waals surface area contributed by atoms with E-state index in [1.165, 1.54) is 23.5 Å². The second-order valence-electron chi connectivity index (χ2n) is 2.33. The summed E-state index contributed by atoms with van der Waals surface area (Å²) >= 11 is 2.67. The van der Waals surface area contributed by atoms with Gasteiger partial charge in [-0.1, -0.05) is 6.07 Å². The lowest BCUT2D eigenvalue weighted by Crippen LogP contribution is -2.21. The molecule has 0 radical (unpaired) electrons. The molecule has 0 aromatic carbocycles. The van der Waals surface area contributed by atoms with E-state index in [1.54, 1.807) is 0 Å². The highest BCUT2D eigenvalue weighted by molar-refractivity contribution is 8.00. The summed E-state index contributed by atoms with van der Waals surface area (Å²) in [6.45, 7) is 0. The van der Waals surface area contributed by atoms with Gasteiger partial charge in [0, 0.05) is 24.1 Å². The molecule has 66 valence electrons. The van der Waals surface area contributed by atoms with Crippen LogP contribution in [0.4, 0.5) is 0 Å². The largest absolute Gasteiger partial charge is 0.268 e. The van der Waals surface area contributed by atoms with E-state index in [1.807, 2.05) is 17.5 Å². The molecular weight excluding hydrogens is 206 g/mol. The van der Waals surface area contributed by atoms with Crippen molar-refractivity contribution in [3.8, 4) is 0 Å². The van der Waals surface area contributed by atoms with E-state index in [-0.39, 0.29) is 11.8 Å². The molecule has 1 aliphatic heterocycles. The molecule has 3 nitrogen and oxygen atoms in total. The molecule has 1 aromatic rings. The molecule has 0 atom stereocenters. The van der Waals surface area contributed by atoms with E-state index in [9.17, 15) is 9.59 Å². The van der Waals surface area contributed by atoms with Crippen molar-refractivity contribution in [3.63, 3.8) is 0 Å². The number of thiophene rings is 1. The Morgan fingerprint density at radius 2 is 1.92 bits per heavy atom. The fraction of sp³-hybridized carbons (Fsp3) is 0. The molecule has 0 aliphatic carbocycles. The molecule has 0 spiro atoms. The van der Waals surface area contributed by atoms with Crippen LogP contribution < -0.4 is 0 Å². The Hall–Kier alpha value is -1.07. The van der Waals surface area contributed by atoms with Crippen LogP contribution >= 0.6 is 23.3 Å². The smallest absolute Gasteiger partial charge is 0.264 e. The van der Waals surface area contributed by atoms with Crippen LogP contribution in [0.25, 0.3) is 0 Å². The first-order chi connectivity index (χ1) is 6.27. The number of carbonyl (C=O) groups excluding carboxylic acids is 2. The number of hydrogen-bond acceptors (Lipinski definition) is 4. The predicted molar refractivity (Wildman–Crippen MR) is 51.2 cm³/mol. The fourth-order valence-electron chi connectivity index (χ4n) is 0.882. The second-order valence-corrected chi connectivity index (χ2v) is 4.52. The van der Waals surface area contributed by atoms with Crippen molar-refractivity contribution in [2.75, 3.05) is 0 Å². The van der Waals surface area contributed by atoms with Gasteiger partial charge in [-0.05, 0) is 11.4 Å². The molecule has 2 rings (SSSR count). The van der Waals surface area contributed by atoms with Crippen LogP contribution in [0.5, 0.6) is 0 Å².